The van der Waals surface area contributed by atoms with Crippen LogP contribution in [0.15, 0.2) is 18.3 Å². The summed E-state index contributed by atoms with van der Waals surface area (Å²) < 4.78 is 0. The van der Waals surface area contributed by atoms with Gasteiger partial charge >= 0.3 is 5.97 Å². The van der Waals surface area contributed by atoms with Crippen LogP contribution < -0.4 is 11.1 Å². The summed E-state index contributed by atoms with van der Waals surface area (Å²) in [5, 5.41) is 11.1. The number of carbonyl (C=O) groups is 2. The molecule has 6 heteroatoms. The second kappa shape index (κ2) is 4.52. The van der Waals surface area contributed by atoms with Crippen molar-refractivity contribution >= 4 is 17.6 Å². The molecule has 0 aromatic carbocycles. The number of aromatic carboxylic acids is 1. The SMILES string of the molecule is C[C@H](N)C(=O)Nc1ccc(C(=O)O)nc1. The highest BCUT2D eigenvalue weighted by atomic mass is 16.4. The molecule has 1 aromatic heterocycles. The van der Waals surface area contributed by atoms with Crippen molar-refractivity contribution in [1.29, 1.82) is 0 Å². The molecule has 0 aliphatic rings. The molecule has 0 saturated carbocycles. The zero-order chi connectivity index (χ0) is 11.4. The Hall–Kier alpha value is -1.95. The minimum Gasteiger partial charge on any atom is -0.477 e. The van der Waals surface area contributed by atoms with Crippen LogP contribution in [0, 0.1) is 0 Å². The molecule has 0 bridgehead atoms. The molecule has 0 spiro atoms. The predicted molar refractivity (Wildman–Crippen MR) is 53.5 cm³/mol. The second-order valence-electron chi connectivity index (χ2n) is 3.02. The number of rotatable bonds is 3. The molecule has 0 unspecified atom stereocenters. The monoisotopic (exact) mass is 209 g/mol. The van der Waals surface area contributed by atoms with Crippen molar-refractivity contribution in [1.82, 2.24) is 4.98 Å². The van der Waals surface area contributed by atoms with Gasteiger partial charge in [0.25, 0.3) is 0 Å². The van der Waals surface area contributed by atoms with Crippen molar-refractivity contribution in [2.75, 3.05) is 5.32 Å². The zero-order valence-corrected chi connectivity index (χ0v) is 8.10. The van der Waals surface area contributed by atoms with Crippen LogP contribution in [0.4, 0.5) is 5.69 Å². The van der Waals surface area contributed by atoms with E-state index in [2.05, 4.69) is 10.3 Å². The van der Waals surface area contributed by atoms with Gasteiger partial charge in [-0.2, -0.15) is 0 Å². The Morgan fingerprint density at radius 2 is 2.20 bits per heavy atom. The fourth-order valence-corrected chi connectivity index (χ4v) is 0.850. The van der Waals surface area contributed by atoms with Gasteiger partial charge in [-0.05, 0) is 19.1 Å². The van der Waals surface area contributed by atoms with Crippen molar-refractivity contribution in [3.8, 4) is 0 Å². The third-order valence-electron chi connectivity index (χ3n) is 1.66. The van der Waals surface area contributed by atoms with Crippen LogP contribution >= 0.6 is 0 Å². The molecular formula is C9H11N3O3. The third-order valence-corrected chi connectivity index (χ3v) is 1.66. The van der Waals surface area contributed by atoms with Crippen LogP contribution in [0.5, 0.6) is 0 Å². The highest BCUT2D eigenvalue weighted by Crippen LogP contribution is 2.06. The Morgan fingerprint density at radius 3 is 2.60 bits per heavy atom. The number of nitrogens with two attached hydrogens (primary N) is 1. The molecule has 80 valence electrons. The van der Waals surface area contributed by atoms with Crippen LogP contribution in [-0.4, -0.2) is 28.0 Å². The highest BCUT2D eigenvalue weighted by molar-refractivity contribution is 5.94. The number of carboxylic acids is 1. The average Bonchev–Trinajstić information content (AvgIpc) is 2.18. The molecule has 1 atom stereocenters. The van der Waals surface area contributed by atoms with Crippen LogP contribution in [-0.2, 0) is 4.79 Å². The fourth-order valence-electron chi connectivity index (χ4n) is 0.850. The van der Waals surface area contributed by atoms with E-state index in [1.165, 1.54) is 18.3 Å². The number of carbonyl (C=O) groups excluding carboxylic acids is 1. The van der Waals surface area contributed by atoms with Gasteiger partial charge in [0.15, 0.2) is 0 Å². The van der Waals surface area contributed by atoms with Gasteiger partial charge in [0.2, 0.25) is 5.91 Å². The number of nitrogens with one attached hydrogen (secondary N) is 1. The minimum absolute atomic E-state index is 0.0752. The summed E-state index contributed by atoms with van der Waals surface area (Å²) >= 11 is 0. The van der Waals surface area contributed by atoms with Gasteiger partial charge < -0.3 is 16.2 Å². The number of anilines is 1. The zero-order valence-electron chi connectivity index (χ0n) is 8.10. The molecule has 1 aromatic rings. The lowest BCUT2D eigenvalue weighted by Crippen LogP contribution is -2.32. The molecule has 15 heavy (non-hydrogen) atoms. The number of aromatic nitrogens is 1. The largest absolute Gasteiger partial charge is 0.477 e. The topological polar surface area (TPSA) is 105 Å². The first-order valence-corrected chi connectivity index (χ1v) is 4.26. The molecule has 1 rings (SSSR count). The minimum atomic E-state index is -1.11. The van der Waals surface area contributed by atoms with E-state index >= 15 is 0 Å². The molecule has 0 aliphatic heterocycles. The van der Waals surface area contributed by atoms with Gasteiger partial charge in [-0.15, -0.1) is 0 Å². The summed E-state index contributed by atoms with van der Waals surface area (Å²) in [4.78, 5) is 25.3. The summed E-state index contributed by atoms with van der Waals surface area (Å²) in [6.07, 6.45) is 1.27. The van der Waals surface area contributed by atoms with E-state index in [1.807, 2.05) is 0 Å². The molecule has 4 N–H and O–H groups in total. The van der Waals surface area contributed by atoms with E-state index in [1.54, 1.807) is 6.92 Å². The summed E-state index contributed by atoms with van der Waals surface area (Å²) in [5.74, 6) is -1.46. The van der Waals surface area contributed by atoms with E-state index in [9.17, 15) is 9.59 Å². The Labute approximate surface area is 86.1 Å². The lowest BCUT2D eigenvalue weighted by atomic mass is 10.3. The van der Waals surface area contributed by atoms with Crippen LogP contribution in [0.2, 0.25) is 0 Å². The average molecular weight is 209 g/mol. The van der Waals surface area contributed by atoms with Gasteiger partial charge in [-0.3, -0.25) is 4.79 Å². The van der Waals surface area contributed by atoms with E-state index in [4.69, 9.17) is 10.8 Å². The maximum absolute atomic E-state index is 11.2. The van der Waals surface area contributed by atoms with Gasteiger partial charge in [0, 0.05) is 0 Å². The summed E-state index contributed by atoms with van der Waals surface area (Å²) in [7, 11) is 0. The Balaban J connectivity index is 2.73. The van der Waals surface area contributed by atoms with Crippen LogP contribution in [0.1, 0.15) is 17.4 Å². The van der Waals surface area contributed by atoms with Crippen molar-refractivity contribution in [3.63, 3.8) is 0 Å². The standard InChI is InChI=1S/C9H11N3O3/c1-5(10)8(13)12-6-2-3-7(9(14)15)11-4-6/h2-5H,10H2,1H3,(H,12,13)(H,14,15)/t5-/m0/s1. The lowest BCUT2D eigenvalue weighted by Gasteiger charge is -2.06. The van der Waals surface area contributed by atoms with Gasteiger partial charge in [-0.25, -0.2) is 9.78 Å². The molecule has 0 saturated heterocycles. The van der Waals surface area contributed by atoms with Crippen molar-refractivity contribution in [3.05, 3.63) is 24.0 Å². The Kier molecular flexibility index (Phi) is 3.35. The predicted octanol–water partition coefficient (Wildman–Crippen LogP) is 0.0655. The summed E-state index contributed by atoms with van der Waals surface area (Å²) in [6, 6.07) is 2.14. The Morgan fingerprint density at radius 1 is 1.53 bits per heavy atom. The molecule has 1 heterocycles. The van der Waals surface area contributed by atoms with Crippen LogP contribution in [0.3, 0.4) is 0 Å². The first-order chi connectivity index (χ1) is 7.00. The van der Waals surface area contributed by atoms with E-state index < -0.39 is 12.0 Å². The number of hydrogen-bond donors (Lipinski definition) is 3. The van der Waals surface area contributed by atoms with Crippen LogP contribution in [0.25, 0.3) is 0 Å². The second-order valence-corrected chi connectivity index (χ2v) is 3.02. The smallest absolute Gasteiger partial charge is 0.354 e. The third kappa shape index (κ3) is 3.03. The molecule has 0 aliphatic carbocycles. The highest BCUT2D eigenvalue weighted by Gasteiger charge is 2.08. The maximum Gasteiger partial charge on any atom is 0.354 e. The van der Waals surface area contributed by atoms with Gasteiger partial charge in [-0.1, -0.05) is 0 Å². The normalized spacial score (nSPS) is 11.9. The van der Waals surface area contributed by atoms with E-state index in [0.717, 1.165) is 0 Å². The lowest BCUT2D eigenvalue weighted by molar-refractivity contribution is -0.117. The number of carboxylic acid groups (broad SMARTS) is 1. The van der Waals surface area contributed by atoms with Crippen molar-refractivity contribution in [2.45, 2.75) is 13.0 Å². The van der Waals surface area contributed by atoms with Crippen molar-refractivity contribution < 1.29 is 14.7 Å². The van der Waals surface area contributed by atoms with Gasteiger partial charge in [0.1, 0.15) is 5.69 Å². The summed E-state index contributed by atoms with van der Waals surface area (Å²) in [6.45, 7) is 1.55. The maximum atomic E-state index is 11.2. The number of pyridine rings is 1. The van der Waals surface area contributed by atoms with Crippen molar-refractivity contribution in [2.24, 2.45) is 5.73 Å². The number of amides is 1. The first kappa shape index (κ1) is 11.1. The molecule has 6 nitrogen and oxygen atoms in total. The summed E-state index contributed by atoms with van der Waals surface area (Å²) in [5.41, 5.74) is 5.68. The Bertz CT molecular complexity index is 373. The molecule has 1 amide bonds. The van der Waals surface area contributed by atoms with Gasteiger partial charge in [0.05, 0.1) is 17.9 Å². The number of nitrogens with zero attached hydrogens (tertiary/aromatic N) is 1. The molecular weight excluding hydrogens is 198 g/mol. The fraction of sp³-hybridized carbons (Fsp3) is 0.222. The molecule has 0 fully saturated rings. The van der Waals surface area contributed by atoms with E-state index in [-0.39, 0.29) is 11.6 Å². The number of hydrogen-bond acceptors (Lipinski definition) is 4. The quantitative estimate of drug-likeness (QED) is 0.653. The molecule has 0 radical (unpaired) electrons. The first-order valence-electron chi connectivity index (χ1n) is 4.26. The van der Waals surface area contributed by atoms with E-state index in [0.29, 0.717) is 5.69 Å².